The Balaban J connectivity index is 1.67. The summed E-state index contributed by atoms with van der Waals surface area (Å²) in [6.07, 6.45) is 3.50. The fraction of sp³-hybridized carbons (Fsp3) is 0.389. The standard InChI is InChI=1S/C18H21NO2/c20-18(21)6-3-11-19(17-9-10-17)13-14-7-8-15-4-1-2-5-16(15)12-14/h1-2,4-5,7-8,12,17H,3,6,9-11,13H2,(H,20,21). The van der Waals surface area contributed by atoms with Gasteiger partial charge in [-0.3, -0.25) is 9.69 Å². The molecule has 0 aliphatic heterocycles. The predicted molar refractivity (Wildman–Crippen MR) is 84.2 cm³/mol. The summed E-state index contributed by atoms with van der Waals surface area (Å²) in [5.74, 6) is -0.698. The van der Waals surface area contributed by atoms with Gasteiger partial charge in [0, 0.05) is 19.0 Å². The Morgan fingerprint density at radius 2 is 1.90 bits per heavy atom. The van der Waals surface area contributed by atoms with E-state index < -0.39 is 5.97 Å². The van der Waals surface area contributed by atoms with Crippen LogP contribution in [-0.2, 0) is 11.3 Å². The SMILES string of the molecule is O=C(O)CCCN(Cc1ccc2ccccc2c1)C1CC1. The molecule has 3 nitrogen and oxygen atoms in total. The van der Waals surface area contributed by atoms with Gasteiger partial charge in [0.2, 0.25) is 0 Å². The van der Waals surface area contributed by atoms with Crippen LogP contribution in [-0.4, -0.2) is 28.6 Å². The van der Waals surface area contributed by atoms with Crippen LogP contribution >= 0.6 is 0 Å². The van der Waals surface area contributed by atoms with E-state index in [0.717, 1.165) is 19.5 Å². The number of carbonyl (C=O) groups is 1. The Labute approximate surface area is 125 Å². The number of fused-ring (bicyclic) bond motifs is 1. The van der Waals surface area contributed by atoms with Crippen molar-refractivity contribution in [3.63, 3.8) is 0 Å². The van der Waals surface area contributed by atoms with Crippen LogP contribution in [0, 0.1) is 0 Å². The number of hydrogen-bond acceptors (Lipinski definition) is 2. The summed E-state index contributed by atoms with van der Waals surface area (Å²) in [6, 6.07) is 15.7. The molecule has 1 N–H and O–H groups in total. The van der Waals surface area contributed by atoms with Gasteiger partial charge in [0.25, 0.3) is 0 Å². The maximum atomic E-state index is 10.7. The van der Waals surface area contributed by atoms with E-state index in [1.54, 1.807) is 0 Å². The molecule has 1 aliphatic rings. The van der Waals surface area contributed by atoms with Crippen LogP contribution < -0.4 is 0 Å². The number of benzene rings is 2. The van der Waals surface area contributed by atoms with E-state index >= 15 is 0 Å². The van der Waals surface area contributed by atoms with E-state index in [1.807, 2.05) is 0 Å². The number of rotatable bonds is 7. The quantitative estimate of drug-likeness (QED) is 0.843. The monoisotopic (exact) mass is 283 g/mol. The minimum Gasteiger partial charge on any atom is -0.481 e. The number of nitrogens with zero attached hydrogens (tertiary/aromatic N) is 1. The Morgan fingerprint density at radius 3 is 2.62 bits per heavy atom. The zero-order valence-corrected chi connectivity index (χ0v) is 12.2. The van der Waals surface area contributed by atoms with Crippen LogP contribution in [0.5, 0.6) is 0 Å². The van der Waals surface area contributed by atoms with E-state index in [1.165, 1.54) is 29.2 Å². The summed E-state index contributed by atoms with van der Waals surface area (Å²) in [5.41, 5.74) is 1.32. The van der Waals surface area contributed by atoms with Crippen molar-refractivity contribution in [2.45, 2.75) is 38.3 Å². The van der Waals surface area contributed by atoms with Crippen molar-refractivity contribution in [2.24, 2.45) is 0 Å². The van der Waals surface area contributed by atoms with Gasteiger partial charge in [0.15, 0.2) is 0 Å². The number of carboxylic acids is 1. The molecule has 0 spiro atoms. The lowest BCUT2D eigenvalue weighted by atomic mass is 10.1. The van der Waals surface area contributed by atoms with Gasteiger partial charge in [0.05, 0.1) is 0 Å². The third-order valence-corrected chi connectivity index (χ3v) is 4.10. The molecule has 0 radical (unpaired) electrons. The smallest absolute Gasteiger partial charge is 0.303 e. The summed E-state index contributed by atoms with van der Waals surface area (Å²) in [5, 5.41) is 11.3. The first-order chi connectivity index (χ1) is 10.2. The van der Waals surface area contributed by atoms with E-state index in [0.29, 0.717) is 6.04 Å². The van der Waals surface area contributed by atoms with E-state index in [-0.39, 0.29) is 6.42 Å². The van der Waals surface area contributed by atoms with Crippen molar-refractivity contribution in [3.05, 3.63) is 48.0 Å². The lowest BCUT2D eigenvalue weighted by molar-refractivity contribution is -0.137. The molecule has 2 aromatic rings. The van der Waals surface area contributed by atoms with Gasteiger partial charge in [-0.25, -0.2) is 0 Å². The van der Waals surface area contributed by atoms with Crippen LogP contribution in [0.25, 0.3) is 10.8 Å². The Morgan fingerprint density at radius 1 is 1.14 bits per heavy atom. The third kappa shape index (κ3) is 3.82. The van der Waals surface area contributed by atoms with Crippen molar-refractivity contribution in [2.75, 3.05) is 6.54 Å². The molecule has 0 aromatic heterocycles. The van der Waals surface area contributed by atoms with Gasteiger partial charge >= 0.3 is 5.97 Å². The number of aliphatic carboxylic acids is 1. The Bertz CT molecular complexity index is 634. The molecule has 1 saturated carbocycles. The predicted octanol–water partition coefficient (Wildman–Crippen LogP) is 3.67. The van der Waals surface area contributed by atoms with Crippen LogP contribution in [0.1, 0.15) is 31.2 Å². The summed E-state index contributed by atoms with van der Waals surface area (Å²) >= 11 is 0. The first-order valence-corrected chi connectivity index (χ1v) is 7.66. The highest BCUT2D eigenvalue weighted by molar-refractivity contribution is 5.82. The van der Waals surface area contributed by atoms with Gasteiger partial charge < -0.3 is 5.11 Å². The number of hydrogen-bond donors (Lipinski definition) is 1. The Kier molecular flexibility index (Phi) is 4.20. The second kappa shape index (κ2) is 6.27. The molecule has 1 fully saturated rings. The molecule has 3 heteroatoms. The van der Waals surface area contributed by atoms with Crippen molar-refractivity contribution in [3.8, 4) is 0 Å². The van der Waals surface area contributed by atoms with Gasteiger partial charge in [-0.05, 0) is 48.2 Å². The average Bonchev–Trinajstić information content (AvgIpc) is 3.30. The highest BCUT2D eigenvalue weighted by atomic mass is 16.4. The minimum atomic E-state index is -0.698. The fourth-order valence-electron chi connectivity index (χ4n) is 2.84. The molecule has 0 atom stereocenters. The van der Waals surface area contributed by atoms with Crippen LogP contribution in [0.3, 0.4) is 0 Å². The molecule has 0 amide bonds. The molecule has 3 rings (SSSR count). The molecule has 0 bridgehead atoms. The molecule has 1 aliphatic carbocycles. The van der Waals surface area contributed by atoms with E-state index in [2.05, 4.69) is 47.4 Å². The van der Waals surface area contributed by atoms with Crippen molar-refractivity contribution in [1.82, 2.24) is 4.90 Å². The molecular weight excluding hydrogens is 262 g/mol. The molecule has 0 saturated heterocycles. The molecule has 2 aromatic carbocycles. The van der Waals surface area contributed by atoms with Crippen LogP contribution in [0.15, 0.2) is 42.5 Å². The van der Waals surface area contributed by atoms with Crippen molar-refractivity contribution < 1.29 is 9.90 Å². The maximum absolute atomic E-state index is 10.7. The van der Waals surface area contributed by atoms with Crippen LogP contribution in [0.2, 0.25) is 0 Å². The van der Waals surface area contributed by atoms with Gasteiger partial charge in [-0.1, -0.05) is 36.4 Å². The zero-order valence-electron chi connectivity index (χ0n) is 12.2. The van der Waals surface area contributed by atoms with Gasteiger partial charge in [-0.15, -0.1) is 0 Å². The summed E-state index contributed by atoms with van der Waals surface area (Å²) in [4.78, 5) is 13.1. The molecule has 110 valence electrons. The second-order valence-corrected chi connectivity index (χ2v) is 5.88. The number of carboxylic acid groups (broad SMARTS) is 1. The molecule has 21 heavy (non-hydrogen) atoms. The topological polar surface area (TPSA) is 40.5 Å². The summed E-state index contributed by atoms with van der Waals surface area (Å²) in [7, 11) is 0. The highest BCUT2D eigenvalue weighted by Gasteiger charge is 2.28. The lowest BCUT2D eigenvalue weighted by Gasteiger charge is -2.22. The van der Waals surface area contributed by atoms with Crippen molar-refractivity contribution in [1.29, 1.82) is 0 Å². The summed E-state index contributed by atoms with van der Waals surface area (Å²) < 4.78 is 0. The first kappa shape index (κ1) is 14.1. The minimum absolute atomic E-state index is 0.265. The van der Waals surface area contributed by atoms with Gasteiger partial charge in [-0.2, -0.15) is 0 Å². The Hall–Kier alpha value is -1.87. The van der Waals surface area contributed by atoms with E-state index in [4.69, 9.17) is 5.11 Å². The van der Waals surface area contributed by atoms with Gasteiger partial charge in [0.1, 0.15) is 0 Å². The fourth-order valence-corrected chi connectivity index (χ4v) is 2.84. The van der Waals surface area contributed by atoms with E-state index in [9.17, 15) is 4.79 Å². The molecular formula is C18H21NO2. The average molecular weight is 283 g/mol. The zero-order chi connectivity index (χ0) is 14.7. The second-order valence-electron chi connectivity index (χ2n) is 5.88. The first-order valence-electron chi connectivity index (χ1n) is 7.66. The third-order valence-electron chi connectivity index (χ3n) is 4.10. The maximum Gasteiger partial charge on any atom is 0.303 e. The van der Waals surface area contributed by atoms with Crippen molar-refractivity contribution >= 4 is 16.7 Å². The normalized spacial score (nSPS) is 14.7. The lowest BCUT2D eigenvalue weighted by Crippen LogP contribution is -2.27. The van der Waals surface area contributed by atoms with Crippen LogP contribution in [0.4, 0.5) is 0 Å². The summed E-state index contributed by atoms with van der Waals surface area (Å²) in [6.45, 7) is 1.80. The largest absolute Gasteiger partial charge is 0.481 e. The highest BCUT2D eigenvalue weighted by Crippen LogP contribution is 2.29. The molecule has 0 heterocycles. The molecule has 0 unspecified atom stereocenters.